The van der Waals surface area contributed by atoms with Crippen molar-refractivity contribution in [2.24, 2.45) is 0 Å². The van der Waals surface area contributed by atoms with E-state index in [9.17, 15) is 0 Å². The number of hydrogen-bond donors (Lipinski definition) is 0. The number of likely N-dealkylation sites (N-methyl/N-ethyl adjacent to an activating group) is 1. The monoisotopic (exact) mass is 610 g/mol. The Hall–Kier alpha value is -1.82. The molecule has 1 fully saturated rings. The fourth-order valence-electron chi connectivity index (χ4n) is 6.97. The van der Waals surface area contributed by atoms with Crippen molar-refractivity contribution in [2.75, 3.05) is 47.4 Å². The summed E-state index contributed by atoms with van der Waals surface area (Å²) in [5, 5.41) is 2.94. The molecular formula is C33H42N2O2SSe. The van der Waals surface area contributed by atoms with Gasteiger partial charge in [-0.1, -0.05) is 13.3 Å². The minimum atomic E-state index is 0.532. The van der Waals surface area contributed by atoms with Crippen molar-refractivity contribution < 1.29 is 9.47 Å². The van der Waals surface area contributed by atoms with Crippen LogP contribution in [0, 0.1) is 0 Å². The maximum atomic E-state index is 5.45. The zero-order valence-electron chi connectivity index (χ0n) is 23.9. The molecule has 5 heterocycles. The second-order valence-electron chi connectivity index (χ2n) is 11.4. The van der Waals surface area contributed by atoms with Crippen LogP contribution in [0.5, 0.6) is 11.5 Å². The maximum absolute atomic E-state index is 5.45. The molecule has 3 aliphatic rings. The topological polar surface area (TPSA) is 24.9 Å². The van der Waals surface area contributed by atoms with Crippen molar-refractivity contribution in [3.8, 4) is 11.5 Å². The third-order valence-electron chi connectivity index (χ3n) is 9.04. The summed E-state index contributed by atoms with van der Waals surface area (Å²) >= 11 is 2.58. The fourth-order valence-corrected chi connectivity index (χ4v) is 11.1. The summed E-state index contributed by atoms with van der Waals surface area (Å²) in [7, 11) is 5.74. The number of ether oxygens (including phenoxy) is 2. The first kappa shape index (κ1) is 27.4. The minimum absolute atomic E-state index is 0.532. The zero-order chi connectivity index (χ0) is 26.9. The summed E-state index contributed by atoms with van der Waals surface area (Å²) < 4.78 is 15.4. The van der Waals surface area contributed by atoms with E-state index in [4.69, 9.17) is 9.47 Å². The summed E-state index contributed by atoms with van der Waals surface area (Å²) in [6.45, 7) is 7.28. The van der Waals surface area contributed by atoms with Crippen LogP contribution in [-0.2, 0) is 19.3 Å². The second-order valence-corrected chi connectivity index (χ2v) is 14.8. The Morgan fingerprint density at radius 3 is 2.49 bits per heavy atom. The number of benzene rings is 2. The molecule has 0 aliphatic carbocycles. The molecule has 2 aromatic carbocycles. The quantitative estimate of drug-likeness (QED) is 0.239. The van der Waals surface area contributed by atoms with Gasteiger partial charge in [-0.2, -0.15) is 0 Å². The van der Waals surface area contributed by atoms with Gasteiger partial charge < -0.3 is 4.74 Å². The number of piperidine rings is 1. The number of fused-ring (bicyclic) bond motifs is 9. The molecule has 4 nitrogen and oxygen atoms in total. The van der Waals surface area contributed by atoms with E-state index < -0.39 is 0 Å². The molecule has 3 atom stereocenters. The number of hydrogen-bond acceptors (Lipinski definition) is 5. The molecule has 0 saturated carbocycles. The van der Waals surface area contributed by atoms with Gasteiger partial charge in [0.15, 0.2) is 0 Å². The van der Waals surface area contributed by atoms with Crippen molar-refractivity contribution in [2.45, 2.75) is 63.8 Å². The molecule has 0 amide bonds. The Balaban J connectivity index is 0.000000147. The molecule has 1 saturated heterocycles. The molecule has 0 spiro atoms. The Labute approximate surface area is 243 Å². The van der Waals surface area contributed by atoms with Gasteiger partial charge in [-0.25, -0.2) is 0 Å². The van der Waals surface area contributed by atoms with Gasteiger partial charge in [0, 0.05) is 28.1 Å². The first-order valence-corrected chi connectivity index (χ1v) is 17.2. The normalized spacial score (nSPS) is 22.8. The van der Waals surface area contributed by atoms with Gasteiger partial charge in [-0.05, 0) is 61.4 Å². The van der Waals surface area contributed by atoms with E-state index in [2.05, 4.69) is 60.2 Å². The van der Waals surface area contributed by atoms with Gasteiger partial charge in [0.2, 0.25) is 0 Å². The van der Waals surface area contributed by atoms with Crippen LogP contribution in [0.15, 0.2) is 36.4 Å². The number of methoxy groups -OCH3 is 2. The average molecular weight is 610 g/mol. The van der Waals surface area contributed by atoms with Crippen LogP contribution in [-0.4, -0.2) is 77.8 Å². The summed E-state index contributed by atoms with van der Waals surface area (Å²) in [6, 6.07) is 14.0. The van der Waals surface area contributed by atoms with E-state index in [0.717, 1.165) is 23.5 Å². The number of nitrogens with zero attached hydrogens (tertiary/aromatic N) is 2. The van der Waals surface area contributed by atoms with Gasteiger partial charge in [0.05, 0.1) is 7.11 Å². The van der Waals surface area contributed by atoms with Crippen LogP contribution in [0.3, 0.4) is 0 Å². The molecule has 0 N–H and O–H groups in total. The van der Waals surface area contributed by atoms with E-state index in [1.807, 2.05) is 11.3 Å². The molecule has 2 aromatic heterocycles. The number of rotatable bonds is 4. The van der Waals surface area contributed by atoms with Crippen molar-refractivity contribution in [3.63, 3.8) is 0 Å². The van der Waals surface area contributed by atoms with Crippen molar-refractivity contribution in [1.82, 2.24) is 9.80 Å². The van der Waals surface area contributed by atoms with E-state index in [1.165, 1.54) is 90.9 Å². The van der Waals surface area contributed by atoms with Crippen LogP contribution in [0.4, 0.5) is 0 Å². The predicted molar refractivity (Wildman–Crippen MR) is 167 cm³/mol. The standard InChI is InChI=1S/C19H25NOS.C14H17NOSe/c1-3-5-17-15-6-4-10-20(17)11-9-14-16-12-13(21-2)7-8-18(16)22-19(14)15;1-15-7-5-12-11-4-3-10(16-2)9-14(11)17-13(12)6-8-15/h7-8,12,15,17H,3-6,9-11H2,1-2H3;3-4,9H,5-8H2,1-2H3/t15-,17?;/m1./s1. The van der Waals surface area contributed by atoms with Crippen molar-refractivity contribution >= 4 is 45.6 Å². The Morgan fingerprint density at radius 2 is 1.67 bits per heavy atom. The second kappa shape index (κ2) is 12.0. The average Bonchev–Trinajstić information content (AvgIpc) is 3.42. The van der Waals surface area contributed by atoms with E-state index in [0.29, 0.717) is 14.5 Å². The summed E-state index contributed by atoms with van der Waals surface area (Å²) in [4.78, 5) is 6.90. The van der Waals surface area contributed by atoms with E-state index in [-0.39, 0.29) is 0 Å². The number of thiophene rings is 1. The molecule has 2 bridgehead atoms. The first-order chi connectivity index (χ1) is 19.1. The van der Waals surface area contributed by atoms with Gasteiger partial charge in [0.1, 0.15) is 5.75 Å². The van der Waals surface area contributed by atoms with Crippen molar-refractivity contribution in [1.29, 1.82) is 0 Å². The van der Waals surface area contributed by atoms with Gasteiger partial charge >= 0.3 is 108 Å². The summed E-state index contributed by atoms with van der Waals surface area (Å²) in [5.74, 6) is 2.75. The van der Waals surface area contributed by atoms with Crippen LogP contribution < -0.4 is 9.47 Å². The third kappa shape index (κ3) is 5.44. The molecule has 6 heteroatoms. The van der Waals surface area contributed by atoms with E-state index >= 15 is 0 Å². The molecule has 0 radical (unpaired) electrons. The molecular weight excluding hydrogens is 567 g/mol. The van der Waals surface area contributed by atoms with Crippen LogP contribution in [0.25, 0.3) is 19.7 Å². The molecule has 7 rings (SSSR count). The molecule has 3 aliphatic heterocycles. The Morgan fingerprint density at radius 1 is 0.897 bits per heavy atom. The summed E-state index contributed by atoms with van der Waals surface area (Å²) in [6.07, 6.45) is 9.06. The molecule has 39 heavy (non-hydrogen) atoms. The summed E-state index contributed by atoms with van der Waals surface area (Å²) in [5.41, 5.74) is 3.25. The first-order valence-electron chi connectivity index (χ1n) is 14.7. The van der Waals surface area contributed by atoms with Crippen LogP contribution in [0.2, 0.25) is 0 Å². The van der Waals surface area contributed by atoms with Crippen molar-refractivity contribution in [3.05, 3.63) is 56.8 Å². The van der Waals surface area contributed by atoms with Gasteiger partial charge in [-0.15, -0.1) is 11.3 Å². The van der Waals surface area contributed by atoms with Crippen LogP contribution in [0.1, 0.15) is 59.0 Å². The predicted octanol–water partition coefficient (Wildman–Crippen LogP) is 6.75. The molecule has 208 valence electrons. The van der Waals surface area contributed by atoms with E-state index in [1.54, 1.807) is 34.7 Å². The molecule has 2 unspecified atom stereocenters. The Kier molecular flexibility index (Phi) is 8.39. The van der Waals surface area contributed by atoms with Crippen LogP contribution >= 0.6 is 11.3 Å². The fraction of sp³-hybridized carbons (Fsp3) is 0.515. The third-order valence-corrected chi connectivity index (χ3v) is 13.0. The Bertz CT molecular complexity index is 1440. The van der Waals surface area contributed by atoms with Gasteiger partial charge in [0.25, 0.3) is 0 Å². The molecule has 4 aromatic rings. The zero-order valence-corrected chi connectivity index (χ0v) is 26.5. The van der Waals surface area contributed by atoms with Gasteiger partial charge in [-0.3, -0.25) is 4.90 Å². The SMILES string of the molecule is CCCC1[C@H]2CCCN1CCc1c2sc2ccc(OC)cc12.COc1ccc2c3c([se]c2c1)CCN(C)CC3.